The summed E-state index contributed by atoms with van der Waals surface area (Å²) in [6, 6.07) is 22.2. The first kappa shape index (κ1) is 20.5. The van der Waals surface area contributed by atoms with Gasteiger partial charge in [-0.1, -0.05) is 46.3 Å². The van der Waals surface area contributed by atoms with Crippen LogP contribution in [0.25, 0.3) is 6.08 Å². The Balaban J connectivity index is 1.42. The summed E-state index contributed by atoms with van der Waals surface area (Å²) in [5.74, 6) is 1.35. The van der Waals surface area contributed by atoms with Crippen LogP contribution in [-0.4, -0.2) is 12.7 Å². The minimum atomic E-state index is -0.509. The number of ether oxygens (including phenoxy) is 3. The number of nitriles is 1. The van der Waals surface area contributed by atoms with Gasteiger partial charge in [-0.3, -0.25) is 4.79 Å². The van der Waals surface area contributed by atoms with Gasteiger partial charge in [0.15, 0.2) is 11.5 Å². The monoisotopic (exact) mass is 476 g/mol. The SMILES string of the molecule is N#C/C(=C\c1cc2c(cc1Br)OCO2)C(=O)Nc1ccc(OCc2ccccc2)cc1. The second-order valence-electron chi connectivity index (χ2n) is 6.65. The maximum atomic E-state index is 12.6. The maximum Gasteiger partial charge on any atom is 0.266 e. The van der Waals surface area contributed by atoms with Gasteiger partial charge >= 0.3 is 0 Å². The van der Waals surface area contributed by atoms with E-state index in [1.165, 1.54) is 6.08 Å². The van der Waals surface area contributed by atoms with E-state index in [1.807, 2.05) is 36.4 Å². The van der Waals surface area contributed by atoms with Crippen molar-refractivity contribution in [3.63, 3.8) is 0 Å². The average Bonchev–Trinajstić information content (AvgIpc) is 3.24. The summed E-state index contributed by atoms with van der Waals surface area (Å²) in [6.07, 6.45) is 1.50. The van der Waals surface area contributed by atoms with E-state index in [2.05, 4.69) is 21.2 Å². The molecule has 7 heteroatoms. The van der Waals surface area contributed by atoms with Gasteiger partial charge in [0.05, 0.1) is 0 Å². The molecule has 0 bridgehead atoms. The van der Waals surface area contributed by atoms with Crippen molar-refractivity contribution < 1.29 is 19.0 Å². The lowest BCUT2D eigenvalue weighted by atomic mass is 10.1. The number of halogens is 1. The van der Waals surface area contributed by atoms with Gasteiger partial charge in [-0.2, -0.15) is 5.26 Å². The number of hydrogen-bond donors (Lipinski definition) is 1. The van der Waals surface area contributed by atoms with Crippen molar-refractivity contribution in [3.8, 4) is 23.3 Å². The summed E-state index contributed by atoms with van der Waals surface area (Å²) in [5, 5.41) is 12.2. The zero-order chi connectivity index (χ0) is 21.6. The zero-order valence-corrected chi connectivity index (χ0v) is 17.9. The Hall–Kier alpha value is -3.76. The molecular weight excluding hydrogens is 460 g/mol. The Bertz CT molecular complexity index is 1170. The summed E-state index contributed by atoms with van der Waals surface area (Å²) in [7, 11) is 0. The van der Waals surface area contributed by atoms with Crippen LogP contribution in [0.15, 0.2) is 76.8 Å². The lowest BCUT2D eigenvalue weighted by Gasteiger charge is -2.08. The molecule has 3 aromatic carbocycles. The van der Waals surface area contributed by atoms with E-state index in [0.29, 0.717) is 39.6 Å². The van der Waals surface area contributed by atoms with E-state index in [-0.39, 0.29) is 12.4 Å². The van der Waals surface area contributed by atoms with E-state index in [4.69, 9.17) is 14.2 Å². The summed E-state index contributed by atoms with van der Waals surface area (Å²) in [6.45, 7) is 0.601. The lowest BCUT2D eigenvalue weighted by molar-refractivity contribution is -0.112. The highest BCUT2D eigenvalue weighted by molar-refractivity contribution is 9.10. The van der Waals surface area contributed by atoms with Crippen LogP contribution in [0.2, 0.25) is 0 Å². The van der Waals surface area contributed by atoms with Crippen LogP contribution in [0.1, 0.15) is 11.1 Å². The van der Waals surface area contributed by atoms with Gasteiger partial charge in [0.1, 0.15) is 24.0 Å². The predicted molar refractivity (Wildman–Crippen MR) is 120 cm³/mol. The van der Waals surface area contributed by atoms with Crippen molar-refractivity contribution in [1.82, 2.24) is 0 Å². The predicted octanol–water partition coefficient (Wildman–Crippen LogP) is 5.30. The largest absolute Gasteiger partial charge is 0.489 e. The molecule has 0 radical (unpaired) electrons. The van der Waals surface area contributed by atoms with Gasteiger partial charge in [0.2, 0.25) is 6.79 Å². The van der Waals surface area contributed by atoms with E-state index >= 15 is 0 Å². The molecule has 0 fully saturated rings. The fourth-order valence-electron chi connectivity index (χ4n) is 2.92. The molecule has 31 heavy (non-hydrogen) atoms. The standard InChI is InChI=1S/C24H17BrN2O4/c25-21-12-23-22(30-15-31-23)11-17(21)10-18(13-26)24(28)27-19-6-8-20(9-7-19)29-14-16-4-2-1-3-5-16/h1-12H,14-15H2,(H,27,28)/b18-10+. The van der Waals surface area contributed by atoms with Crippen LogP contribution < -0.4 is 19.5 Å². The third-order valence-electron chi connectivity index (χ3n) is 4.52. The highest BCUT2D eigenvalue weighted by Gasteiger charge is 2.17. The van der Waals surface area contributed by atoms with Crippen molar-refractivity contribution in [2.45, 2.75) is 6.61 Å². The van der Waals surface area contributed by atoms with E-state index in [9.17, 15) is 10.1 Å². The molecule has 0 aromatic heterocycles. The van der Waals surface area contributed by atoms with Crippen LogP contribution in [0.3, 0.4) is 0 Å². The van der Waals surface area contributed by atoms with Gasteiger partial charge in [-0.25, -0.2) is 0 Å². The molecule has 1 amide bonds. The molecule has 0 aliphatic carbocycles. The van der Waals surface area contributed by atoms with Crippen LogP contribution in [0.5, 0.6) is 17.2 Å². The Morgan fingerprint density at radius 1 is 1.10 bits per heavy atom. The van der Waals surface area contributed by atoms with Crippen molar-refractivity contribution >= 4 is 33.6 Å². The third kappa shape index (κ3) is 5.05. The topological polar surface area (TPSA) is 80.6 Å². The van der Waals surface area contributed by atoms with Gasteiger partial charge in [0, 0.05) is 10.2 Å². The normalized spacial score (nSPS) is 12.2. The Morgan fingerprint density at radius 3 is 2.52 bits per heavy atom. The minimum absolute atomic E-state index is 0.0380. The molecule has 0 saturated carbocycles. The van der Waals surface area contributed by atoms with Gasteiger partial charge in [-0.15, -0.1) is 0 Å². The summed E-state index contributed by atoms with van der Waals surface area (Å²) in [5.41, 5.74) is 2.23. The molecule has 1 aliphatic heterocycles. The summed E-state index contributed by atoms with van der Waals surface area (Å²) < 4.78 is 17.1. The van der Waals surface area contributed by atoms with Crippen molar-refractivity contribution in [2.75, 3.05) is 12.1 Å². The zero-order valence-electron chi connectivity index (χ0n) is 16.3. The first-order valence-corrected chi connectivity index (χ1v) is 10.2. The molecule has 1 aliphatic rings. The van der Waals surface area contributed by atoms with Crippen LogP contribution in [0.4, 0.5) is 5.69 Å². The highest BCUT2D eigenvalue weighted by atomic mass is 79.9. The molecule has 4 rings (SSSR count). The van der Waals surface area contributed by atoms with Crippen LogP contribution in [0, 0.1) is 11.3 Å². The molecule has 154 valence electrons. The third-order valence-corrected chi connectivity index (χ3v) is 5.20. The number of nitrogens with zero attached hydrogens (tertiary/aromatic N) is 1. The van der Waals surface area contributed by atoms with Gasteiger partial charge in [-0.05, 0) is 53.6 Å². The fraction of sp³-hybridized carbons (Fsp3) is 0.0833. The lowest BCUT2D eigenvalue weighted by Crippen LogP contribution is -2.13. The number of fused-ring (bicyclic) bond motifs is 1. The van der Waals surface area contributed by atoms with Gasteiger partial charge in [0.25, 0.3) is 5.91 Å². The Morgan fingerprint density at radius 2 is 1.81 bits per heavy atom. The maximum absolute atomic E-state index is 12.6. The second-order valence-corrected chi connectivity index (χ2v) is 7.50. The average molecular weight is 477 g/mol. The van der Waals surface area contributed by atoms with Gasteiger partial charge < -0.3 is 19.5 Å². The second kappa shape index (κ2) is 9.37. The number of hydrogen-bond acceptors (Lipinski definition) is 5. The number of anilines is 1. The number of carbonyl (C=O) groups excluding carboxylic acids is 1. The Kier molecular flexibility index (Phi) is 6.20. The Labute approximate surface area is 187 Å². The van der Waals surface area contributed by atoms with Crippen molar-refractivity contribution in [3.05, 3.63) is 87.9 Å². The number of benzene rings is 3. The highest BCUT2D eigenvalue weighted by Crippen LogP contribution is 2.37. The molecule has 0 spiro atoms. The summed E-state index contributed by atoms with van der Waals surface area (Å²) >= 11 is 3.43. The van der Waals surface area contributed by atoms with Crippen LogP contribution in [-0.2, 0) is 11.4 Å². The quantitative estimate of drug-likeness (QED) is 0.385. The molecule has 6 nitrogen and oxygen atoms in total. The number of rotatable bonds is 6. The molecule has 1 N–H and O–H groups in total. The fourth-order valence-corrected chi connectivity index (χ4v) is 3.36. The molecule has 0 atom stereocenters. The van der Waals surface area contributed by atoms with E-state index in [0.717, 1.165) is 5.56 Å². The van der Waals surface area contributed by atoms with E-state index < -0.39 is 5.91 Å². The molecular formula is C24H17BrN2O4. The van der Waals surface area contributed by atoms with Crippen molar-refractivity contribution in [1.29, 1.82) is 5.26 Å². The van der Waals surface area contributed by atoms with Crippen LogP contribution >= 0.6 is 15.9 Å². The molecule has 1 heterocycles. The smallest absolute Gasteiger partial charge is 0.266 e. The van der Waals surface area contributed by atoms with E-state index in [1.54, 1.807) is 36.4 Å². The summed E-state index contributed by atoms with van der Waals surface area (Å²) in [4.78, 5) is 12.6. The first-order valence-electron chi connectivity index (χ1n) is 9.41. The minimum Gasteiger partial charge on any atom is -0.489 e. The number of amides is 1. The number of nitrogens with one attached hydrogen (secondary N) is 1. The van der Waals surface area contributed by atoms with Crippen molar-refractivity contribution in [2.24, 2.45) is 0 Å². The number of carbonyl (C=O) groups is 1. The molecule has 0 unspecified atom stereocenters. The molecule has 0 saturated heterocycles. The molecule has 3 aromatic rings. The first-order chi connectivity index (χ1) is 15.1.